The molecule has 1 aliphatic rings. The highest BCUT2D eigenvalue weighted by molar-refractivity contribution is 8.26. The van der Waals surface area contributed by atoms with Crippen LogP contribution in [0.3, 0.4) is 0 Å². The second-order valence-electron chi connectivity index (χ2n) is 8.35. The van der Waals surface area contributed by atoms with E-state index in [0.29, 0.717) is 0 Å². The molecule has 13 heteroatoms. The van der Waals surface area contributed by atoms with Crippen molar-refractivity contribution in [2.45, 2.75) is 37.7 Å². The van der Waals surface area contributed by atoms with Gasteiger partial charge in [-0.3, -0.25) is 18.9 Å². The van der Waals surface area contributed by atoms with Crippen molar-refractivity contribution in [2.75, 3.05) is 17.7 Å². The Kier molecular flexibility index (Phi) is 6.84. The number of rotatable bonds is 6. The van der Waals surface area contributed by atoms with Crippen molar-refractivity contribution in [3.05, 3.63) is 53.1 Å². The van der Waals surface area contributed by atoms with Crippen LogP contribution in [-0.4, -0.2) is 49.6 Å². The van der Waals surface area contributed by atoms with Gasteiger partial charge in [0.1, 0.15) is 40.1 Å². The minimum Gasteiger partial charge on any atom is -0.433 e. The van der Waals surface area contributed by atoms with Gasteiger partial charge in [-0.15, -0.1) is 0 Å². The summed E-state index contributed by atoms with van der Waals surface area (Å²) < 4.78 is 78.0. The standard InChI is InChI=1S/C21H24F4N4O4S/c1-11-6-13(33-19(24)25)8-27-16(11)17(30)28-12-4-5-15(23)14(7-12)21(9-22)10-34(31,32)20(2,3)18(26)29-21/h4-8,19,31-32H,9-10H2,1-3H3,(H2,26,29)(H,28,30)/t21-/m0/s1. The number of aliphatic imine (C=N–C) groups is 1. The Morgan fingerprint density at radius 1 is 1.32 bits per heavy atom. The number of nitrogens with one attached hydrogen (secondary N) is 1. The number of carbonyl (C=O) groups excluding carboxylic acids is 1. The summed E-state index contributed by atoms with van der Waals surface area (Å²) in [4.78, 5) is 20.6. The zero-order valence-corrected chi connectivity index (χ0v) is 19.3. The first-order valence-electron chi connectivity index (χ1n) is 9.92. The number of carbonyl (C=O) groups is 1. The third-order valence-corrected chi connectivity index (χ3v) is 8.37. The van der Waals surface area contributed by atoms with Gasteiger partial charge in [0.05, 0.1) is 11.9 Å². The van der Waals surface area contributed by atoms with E-state index in [1.165, 1.54) is 32.9 Å². The average molecular weight is 505 g/mol. The second-order valence-corrected chi connectivity index (χ2v) is 11.0. The smallest absolute Gasteiger partial charge is 0.387 e. The van der Waals surface area contributed by atoms with E-state index >= 15 is 0 Å². The van der Waals surface area contributed by atoms with Crippen LogP contribution >= 0.6 is 10.6 Å². The number of hydrogen-bond acceptors (Lipinski definition) is 7. The Morgan fingerprint density at radius 3 is 2.56 bits per heavy atom. The Hall–Kier alpha value is -2.90. The molecule has 1 aliphatic heterocycles. The minimum absolute atomic E-state index is 0.0402. The lowest BCUT2D eigenvalue weighted by atomic mass is 9.92. The van der Waals surface area contributed by atoms with Gasteiger partial charge in [0.2, 0.25) is 0 Å². The lowest BCUT2D eigenvalue weighted by Crippen LogP contribution is -2.53. The maximum absolute atomic E-state index is 14.8. The first-order chi connectivity index (χ1) is 15.7. The Labute approximate surface area is 194 Å². The molecule has 0 radical (unpaired) electrons. The molecule has 0 aliphatic carbocycles. The van der Waals surface area contributed by atoms with Gasteiger partial charge in [-0.1, -0.05) is 0 Å². The number of halogens is 4. The molecular weight excluding hydrogens is 480 g/mol. The molecule has 3 rings (SSSR count). The Balaban J connectivity index is 1.95. The average Bonchev–Trinajstić information content (AvgIpc) is 2.72. The van der Waals surface area contributed by atoms with Crippen molar-refractivity contribution in [1.82, 2.24) is 4.98 Å². The van der Waals surface area contributed by atoms with E-state index in [2.05, 4.69) is 20.0 Å². The number of hydrogen-bond donors (Lipinski definition) is 4. The van der Waals surface area contributed by atoms with Crippen LogP contribution in [0.4, 0.5) is 23.2 Å². The topological polar surface area (TPSA) is 130 Å². The van der Waals surface area contributed by atoms with E-state index in [4.69, 9.17) is 5.73 Å². The van der Waals surface area contributed by atoms with Gasteiger partial charge in [0.15, 0.2) is 0 Å². The third-order valence-electron chi connectivity index (χ3n) is 5.65. The molecule has 1 aromatic heterocycles. The fourth-order valence-electron chi connectivity index (χ4n) is 3.46. The zero-order chi connectivity index (χ0) is 25.5. The number of aryl methyl sites for hydroxylation is 1. The van der Waals surface area contributed by atoms with E-state index in [0.717, 1.165) is 18.3 Å². The van der Waals surface area contributed by atoms with E-state index in [1.54, 1.807) is 0 Å². The monoisotopic (exact) mass is 504 g/mol. The van der Waals surface area contributed by atoms with Crippen molar-refractivity contribution in [1.29, 1.82) is 0 Å². The number of alkyl halides is 3. The number of amides is 1. The number of aromatic nitrogens is 1. The predicted molar refractivity (Wildman–Crippen MR) is 121 cm³/mol. The second kappa shape index (κ2) is 9.04. The Bertz CT molecular complexity index is 1150. The van der Waals surface area contributed by atoms with E-state index in [1.807, 2.05) is 0 Å². The number of nitrogens with zero attached hydrogens (tertiary/aromatic N) is 2. The number of amidine groups is 1. The number of pyridine rings is 1. The van der Waals surface area contributed by atoms with Crippen LogP contribution in [0.1, 0.15) is 35.5 Å². The summed E-state index contributed by atoms with van der Waals surface area (Å²) in [5.74, 6) is -2.70. The molecule has 0 bridgehead atoms. The molecule has 0 spiro atoms. The summed E-state index contributed by atoms with van der Waals surface area (Å²) >= 11 is 0. The molecule has 34 heavy (non-hydrogen) atoms. The predicted octanol–water partition coefficient (Wildman–Crippen LogP) is 4.45. The normalized spacial score (nSPS) is 22.1. The maximum atomic E-state index is 14.8. The fourth-order valence-corrected chi connectivity index (χ4v) is 5.17. The third kappa shape index (κ3) is 4.68. The molecule has 0 saturated carbocycles. The van der Waals surface area contributed by atoms with Crippen molar-refractivity contribution in [2.24, 2.45) is 10.7 Å². The molecule has 1 atom stereocenters. The van der Waals surface area contributed by atoms with Crippen molar-refractivity contribution >= 4 is 28.0 Å². The van der Waals surface area contributed by atoms with Gasteiger partial charge in [-0.05, 0) is 50.6 Å². The quantitative estimate of drug-likeness (QED) is 0.430. The van der Waals surface area contributed by atoms with Gasteiger partial charge in [-0.25, -0.2) is 13.8 Å². The molecule has 0 fully saturated rings. The highest BCUT2D eigenvalue weighted by Crippen LogP contribution is 2.59. The lowest BCUT2D eigenvalue weighted by molar-refractivity contribution is -0.0501. The molecule has 5 N–H and O–H groups in total. The van der Waals surface area contributed by atoms with Crippen LogP contribution < -0.4 is 15.8 Å². The molecule has 8 nitrogen and oxygen atoms in total. The number of anilines is 1. The molecule has 0 unspecified atom stereocenters. The van der Waals surface area contributed by atoms with Gasteiger partial charge in [0, 0.05) is 11.3 Å². The molecule has 1 aromatic carbocycles. The van der Waals surface area contributed by atoms with E-state index < -0.39 is 51.6 Å². The number of nitrogens with two attached hydrogens (primary N) is 1. The van der Waals surface area contributed by atoms with Crippen molar-refractivity contribution in [3.8, 4) is 5.75 Å². The van der Waals surface area contributed by atoms with Gasteiger partial charge >= 0.3 is 6.61 Å². The van der Waals surface area contributed by atoms with Crippen molar-refractivity contribution in [3.63, 3.8) is 0 Å². The lowest BCUT2D eigenvalue weighted by Gasteiger charge is -2.53. The molecule has 0 saturated heterocycles. The van der Waals surface area contributed by atoms with Crippen LogP contribution in [-0.2, 0) is 5.54 Å². The van der Waals surface area contributed by atoms with Gasteiger partial charge in [0.25, 0.3) is 5.91 Å². The summed E-state index contributed by atoms with van der Waals surface area (Å²) in [7, 11) is -3.52. The van der Waals surface area contributed by atoms with Gasteiger partial charge in [-0.2, -0.15) is 19.4 Å². The van der Waals surface area contributed by atoms with Crippen LogP contribution in [0.15, 0.2) is 35.5 Å². The molecule has 2 heterocycles. The molecule has 2 aromatic rings. The first kappa shape index (κ1) is 25.7. The van der Waals surface area contributed by atoms with Crippen LogP contribution in [0.25, 0.3) is 0 Å². The summed E-state index contributed by atoms with van der Waals surface area (Å²) in [6.45, 7) is 0.0229. The fraction of sp³-hybridized carbons (Fsp3) is 0.381. The highest BCUT2D eigenvalue weighted by Gasteiger charge is 2.51. The molecule has 186 valence electrons. The van der Waals surface area contributed by atoms with Crippen LogP contribution in [0.2, 0.25) is 0 Å². The number of ether oxygens (including phenoxy) is 1. The first-order valence-corrected chi connectivity index (χ1v) is 11.6. The number of benzene rings is 1. The zero-order valence-electron chi connectivity index (χ0n) is 18.5. The SMILES string of the molecule is Cc1cc(OC(F)F)cnc1C(=O)Nc1ccc(F)c([C@]2(CF)CS(O)(O)C(C)(C)C(N)=N2)c1. The highest BCUT2D eigenvalue weighted by atomic mass is 32.3. The summed E-state index contributed by atoms with van der Waals surface area (Å²) in [5.41, 5.74) is 3.74. The maximum Gasteiger partial charge on any atom is 0.387 e. The summed E-state index contributed by atoms with van der Waals surface area (Å²) in [6.07, 6.45) is 0.953. The summed E-state index contributed by atoms with van der Waals surface area (Å²) in [6, 6.07) is 4.51. The van der Waals surface area contributed by atoms with E-state index in [9.17, 15) is 31.5 Å². The van der Waals surface area contributed by atoms with Crippen molar-refractivity contribution < 1.29 is 36.2 Å². The van der Waals surface area contributed by atoms with Crippen LogP contribution in [0.5, 0.6) is 5.75 Å². The Morgan fingerprint density at radius 2 is 2.00 bits per heavy atom. The van der Waals surface area contributed by atoms with Crippen LogP contribution in [0, 0.1) is 12.7 Å². The summed E-state index contributed by atoms with van der Waals surface area (Å²) in [5, 5.41) is 2.48. The van der Waals surface area contributed by atoms with Gasteiger partial charge < -0.3 is 15.8 Å². The molecule has 1 amide bonds. The minimum atomic E-state index is -3.52. The molecular formula is C21H24F4N4O4S. The van der Waals surface area contributed by atoms with E-state index in [-0.39, 0.29) is 34.1 Å². The largest absolute Gasteiger partial charge is 0.433 e.